The van der Waals surface area contributed by atoms with Gasteiger partial charge in [-0.25, -0.2) is 0 Å². The van der Waals surface area contributed by atoms with Crippen LogP contribution in [0.1, 0.15) is 59.3 Å². The number of ketones is 1. The van der Waals surface area contributed by atoms with Gasteiger partial charge in [0.15, 0.2) is 5.78 Å². The number of carbonyl (C=O) groups is 1. The Labute approximate surface area is 93.4 Å². The van der Waals surface area contributed by atoms with E-state index in [4.69, 9.17) is 4.74 Å². The molecular formula is C13H24O2. The Balaban J connectivity index is 2.79. The zero-order chi connectivity index (χ0) is 11.3. The van der Waals surface area contributed by atoms with Gasteiger partial charge in [-0.15, -0.1) is 0 Å². The molecule has 0 aromatic heterocycles. The summed E-state index contributed by atoms with van der Waals surface area (Å²) in [5, 5.41) is 0. The highest BCUT2D eigenvalue weighted by Gasteiger charge is 2.44. The van der Waals surface area contributed by atoms with Crippen molar-refractivity contribution < 1.29 is 9.53 Å². The maximum absolute atomic E-state index is 12.2. The molecule has 2 unspecified atom stereocenters. The van der Waals surface area contributed by atoms with Gasteiger partial charge in [0.25, 0.3) is 0 Å². The molecule has 2 heteroatoms. The molecular weight excluding hydrogens is 188 g/mol. The standard InChI is InChI=1S/C13H24O2/c1-4-8-12(14)13(15-5-2)10-7-6-9-11(13)3/h11H,4-10H2,1-3H3. The summed E-state index contributed by atoms with van der Waals surface area (Å²) in [5.74, 6) is 0.726. The maximum Gasteiger partial charge on any atom is 0.164 e. The van der Waals surface area contributed by atoms with E-state index in [1.165, 1.54) is 6.42 Å². The summed E-state index contributed by atoms with van der Waals surface area (Å²) >= 11 is 0. The first-order valence-corrected chi connectivity index (χ1v) is 6.34. The zero-order valence-electron chi connectivity index (χ0n) is 10.3. The van der Waals surface area contributed by atoms with Gasteiger partial charge in [0.05, 0.1) is 0 Å². The molecule has 1 aliphatic rings. The van der Waals surface area contributed by atoms with E-state index in [1.54, 1.807) is 0 Å². The van der Waals surface area contributed by atoms with Crippen molar-refractivity contribution in [2.24, 2.45) is 5.92 Å². The first kappa shape index (κ1) is 12.7. The molecule has 0 amide bonds. The number of hydrogen-bond acceptors (Lipinski definition) is 2. The minimum atomic E-state index is -0.441. The molecule has 15 heavy (non-hydrogen) atoms. The van der Waals surface area contributed by atoms with Crippen LogP contribution in [-0.4, -0.2) is 18.0 Å². The molecule has 0 aromatic rings. The van der Waals surface area contributed by atoms with Gasteiger partial charge < -0.3 is 4.74 Å². The number of carbonyl (C=O) groups excluding carboxylic acids is 1. The Kier molecular flexibility index (Phi) is 4.78. The highest BCUT2D eigenvalue weighted by Crippen LogP contribution is 2.38. The van der Waals surface area contributed by atoms with Crippen LogP contribution in [0.3, 0.4) is 0 Å². The third kappa shape index (κ3) is 2.60. The average Bonchev–Trinajstić information content (AvgIpc) is 2.22. The van der Waals surface area contributed by atoms with E-state index in [1.807, 2.05) is 6.92 Å². The predicted octanol–water partition coefficient (Wildman–Crippen LogP) is 3.34. The predicted molar refractivity (Wildman–Crippen MR) is 61.9 cm³/mol. The average molecular weight is 212 g/mol. The second-order valence-electron chi connectivity index (χ2n) is 4.64. The molecule has 0 bridgehead atoms. The summed E-state index contributed by atoms with van der Waals surface area (Å²) in [6.07, 6.45) is 6.05. The van der Waals surface area contributed by atoms with E-state index in [0.717, 1.165) is 25.7 Å². The van der Waals surface area contributed by atoms with Crippen LogP contribution in [0.15, 0.2) is 0 Å². The Morgan fingerprint density at radius 1 is 1.40 bits per heavy atom. The molecule has 2 nitrogen and oxygen atoms in total. The Hall–Kier alpha value is -0.370. The molecule has 0 aliphatic heterocycles. The number of hydrogen-bond donors (Lipinski definition) is 0. The van der Waals surface area contributed by atoms with Gasteiger partial charge in [0.2, 0.25) is 0 Å². The number of ether oxygens (including phenoxy) is 1. The summed E-state index contributed by atoms with van der Waals surface area (Å²) in [6, 6.07) is 0. The molecule has 2 atom stereocenters. The molecule has 1 aliphatic carbocycles. The molecule has 1 saturated carbocycles. The van der Waals surface area contributed by atoms with Gasteiger partial charge in [-0.1, -0.05) is 26.7 Å². The molecule has 0 N–H and O–H groups in total. The van der Waals surface area contributed by atoms with E-state index < -0.39 is 5.60 Å². The van der Waals surface area contributed by atoms with Crippen molar-refractivity contribution in [3.8, 4) is 0 Å². The molecule has 0 heterocycles. The first-order valence-electron chi connectivity index (χ1n) is 6.34. The van der Waals surface area contributed by atoms with Crippen molar-refractivity contribution in [3.63, 3.8) is 0 Å². The monoisotopic (exact) mass is 212 g/mol. The van der Waals surface area contributed by atoms with E-state index in [-0.39, 0.29) is 0 Å². The fraction of sp³-hybridized carbons (Fsp3) is 0.923. The van der Waals surface area contributed by atoms with Crippen molar-refractivity contribution in [1.29, 1.82) is 0 Å². The van der Waals surface area contributed by atoms with E-state index in [0.29, 0.717) is 24.7 Å². The smallest absolute Gasteiger partial charge is 0.164 e. The van der Waals surface area contributed by atoms with E-state index in [9.17, 15) is 4.79 Å². The summed E-state index contributed by atoms with van der Waals surface area (Å²) in [6.45, 7) is 6.87. The topological polar surface area (TPSA) is 26.3 Å². The Bertz CT molecular complexity index is 209. The van der Waals surface area contributed by atoms with Crippen LogP contribution in [-0.2, 0) is 9.53 Å². The van der Waals surface area contributed by atoms with Crippen LogP contribution in [0.25, 0.3) is 0 Å². The van der Waals surface area contributed by atoms with Gasteiger partial charge in [0, 0.05) is 13.0 Å². The highest BCUT2D eigenvalue weighted by molar-refractivity contribution is 5.87. The van der Waals surface area contributed by atoms with Crippen molar-refractivity contribution in [2.75, 3.05) is 6.61 Å². The van der Waals surface area contributed by atoms with Crippen molar-refractivity contribution in [2.45, 2.75) is 64.9 Å². The summed E-state index contributed by atoms with van der Waals surface area (Å²) in [4.78, 5) is 12.2. The van der Waals surface area contributed by atoms with Gasteiger partial charge in [-0.2, -0.15) is 0 Å². The van der Waals surface area contributed by atoms with Gasteiger partial charge in [0.1, 0.15) is 5.60 Å². The van der Waals surface area contributed by atoms with Crippen LogP contribution in [0.4, 0.5) is 0 Å². The van der Waals surface area contributed by atoms with Crippen molar-refractivity contribution in [3.05, 3.63) is 0 Å². The van der Waals surface area contributed by atoms with Crippen LogP contribution >= 0.6 is 0 Å². The Morgan fingerprint density at radius 2 is 2.13 bits per heavy atom. The minimum Gasteiger partial charge on any atom is -0.367 e. The second kappa shape index (κ2) is 5.64. The molecule has 1 rings (SSSR count). The minimum absolute atomic E-state index is 0.332. The lowest BCUT2D eigenvalue weighted by atomic mass is 9.72. The Morgan fingerprint density at radius 3 is 2.67 bits per heavy atom. The SMILES string of the molecule is CCCC(=O)C1(OCC)CCCCC1C. The van der Waals surface area contributed by atoms with Gasteiger partial charge >= 0.3 is 0 Å². The third-order valence-electron chi connectivity index (χ3n) is 3.58. The lowest BCUT2D eigenvalue weighted by molar-refractivity contribution is -0.157. The van der Waals surface area contributed by atoms with E-state index in [2.05, 4.69) is 13.8 Å². The van der Waals surface area contributed by atoms with Gasteiger partial charge in [-0.05, 0) is 32.1 Å². The third-order valence-corrected chi connectivity index (χ3v) is 3.58. The zero-order valence-corrected chi connectivity index (χ0v) is 10.3. The summed E-state index contributed by atoms with van der Waals surface area (Å²) in [7, 11) is 0. The number of Topliss-reactive ketones (excluding diaryl/α,β-unsaturated/α-hetero) is 1. The molecule has 0 saturated heterocycles. The molecule has 0 radical (unpaired) electrons. The summed E-state index contributed by atoms with van der Waals surface area (Å²) < 4.78 is 5.85. The second-order valence-corrected chi connectivity index (χ2v) is 4.64. The van der Waals surface area contributed by atoms with Crippen molar-refractivity contribution in [1.82, 2.24) is 0 Å². The lowest BCUT2D eigenvalue weighted by Gasteiger charge is -2.41. The van der Waals surface area contributed by atoms with Crippen LogP contribution in [0.5, 0.6) is 0 Å². The normalized spacial score (nSPS) is 31.5. The van der Waals surface area contributed by atoms with Crippen LogP contribution in [0, 0.1) is 5.92 Å². The first-order chi connectivity index (χ1) is 7.17. The quantitative estimate of drug-likeness (QED) is 0.698. The fourth-order valence-corrected chi connectivity index (χ4v) is 2.72. The lowest BCUT2D eigenvalue weighted by Crippen LogP contribution is -2.49. The highest BCUT2D eigenvalue weighted by atomic mass is 16.5. The largest absolute Gasteiger partial charge is 0.367 e. The molecule has 0 spiro atoms. The number of rotatable bonds is 5. The van der Waals surface area contributed by atoms with E-state index >= 15 is 0 Å². The molecule has 0 aromatic carbocycles. The van der Waals surface area contributed by atoms with Crippen LogP contribution in [0.2, 0.25) is 0 Å². The molecule has 1 fully saturated rings. The molecule has 88 valence electrons. The fourth-order valence-electron chi connectivity index (χ4n) is 2.72. The summed E-state index contributed by atoms with van der Waals surface area (Å²) in [5.41, 5.74) is -0.441. The maximum atomic E-state index is 12.2. The van der Waals surface area contributed by atoms with Gasteiger partial charge in [-0.3, -0.25) is 4.79 Å². The van der Waals surface area contributed by atoms with Crippen LogP contribution < -0.4 is 0 Å². The van der Waals surface area contributed by atoms with Crippen molar-refractivity contribution >= 4 is 5.78 Å².